The zero-order valence-corrected chi connectivity index (χ0v) is 10.5. The van der Waals surface area contributed by atoms with E-state index in [0.717, 1.165) is 11.4 Å². The first-order valence-electron chi connectivity index (χ1n) is 4.85. The molecule has 0 aromatic rings. The number of hydrogen-bond acceptors (Lipinski definition) is 5. The minimum Gasteiger partial charge on any atom is -0.468 e. The van der Waals surface area contributed by atoms with E-state index in [1.54, 1.807) is 13.0 Å². The van der Waals surface area contributed by atoms with Crippen LogP contribution in [0.5, 0.6) is 0 Å². The second-order valence-corrected chi connectivity index (χ2v) is 5.46. The van der Waals surface area contributed by atoms with Crippen LogP contribution in [0.1, 0.15) is 20.3 Å². The van der Waals surface area contributed by atoms with Gasteiger partial charge in [0.1, 0.15) is 6.54 Å². The lowest BCUT2D eigenvalue weighted by Crippen LogP contribution is -2.42. The summed E-state index contributed by atoms with van der Waals surface area (Å²) < 4.78 is 29.1. The third-order valence-electron chi connectivity index (χ3n) is 2.06. The van der Waals surface area contributed by atoms with Gasteiger partial charge in [-0.1, -0.05) is 6.92 Å². The van der Waals surface area contributed by atoms with Gasteiger partial charge in [-0.05, 0) is 13.3 Å². The number of carbonyl (C=O) groups excluding carboxylic acids is 1. The van der Waals surface area contributed by atoms with Crippen molar-refractivity contribution in [3.05, 3.63) is 0 Å². The fraction of sp³-hybridized carbons (Fsp3) is 0.778. The Morgan fingerprint density at radius 1 is 1.56 bits per heavy atom. The molecule has 0 spiro atoms. The largest absolute Gasteiger partial charge is 0.468 e. The molecule has 0 aliphatic carbocycles. The van der Waals surface area contributed by atoms with Gasteiger partial charge in [0.25, 0.3) is 0 Å². The molecule has 0 aromatic carbocycles. The van der Waals surface area contributed by atoms with Crippen LogP contribution in [-0.4, -0.2) is 44.1 Å². The Bertz CT molecular complexity index is 371. The van der Waals surface area contributed by atoms with Crippen molar-refractivity contribution in [2.75, 3.05) is 20.2 Å². The molecular formula is C9H16N2O4S. The van der Waals surface area contributed by atoms with Crippen molar-refractivity contribution in [3.8, 4) is 6.07 Å². The first-order valence-corrected chi connectivity index (χ1v) is 6.35. The molecule has 0 amide bonds. The molecule has 0 saturated heterocycles. The normalized spacial score (nSPS) is 13.2. The van der Waals surface area contributed by atoms with Crippen molar-refractivity contribution >= 4 is 16.0 Å². The summed E-state index contributed by atoms with van der Waals surface area (Å²) in [5.41, 5.74) is 0. The minimum atomic E-state index is -3.80. The molecule has 92 valence electrons. The second-order valence-electron chi connectivity index (χ2n) is 3.20. The fourth-order valence-corrected chi connectivity index (χ4v) is 2.60. The average Bonchev–Trinajstić information content (AvgIpc) is 2.26. The molecule has 0 rings (SSSR count). The average molecular weight is 248 g/mol. The van der Waals surface area contributed by atoms with E-state index in [4.69, 9.17) is 5.26 Å². The van der Waals surface area contributed by atoms with E-state index in [2.05, 4.69) is 4.74 Å². The molecule has 0 fully saturated rings. The molecule has 0 aromatic heterocycles. The number of nitriles is 1. The molecule has 0 saturated carbocycles. The topological polar surface area (TPSA) is 87.5 Å². The summed E-state index contributed by atoms with van der Waals surface area (Å²) >= 11 is 0. The van der Waals surface area contributed by atoms with E-state index < -0.39 is 21.2 Å². The molecule has 0 bridgehead atoms. The number of rotatable bonds is 6. The van der Waals surface area contributed by atoms with Crippen LogP contribution in [-0.2, 0) is 19.6 Å². The van der Waals surface area contributed by atoms with E-state index in [1.165, 1.54) is 6.92 Å². The lowest BCUT2D eigenvalue weighted by atomic mass is 10.5. The smallest absolute Gasteiger partial charge is 0.325 e. The highest BCUT2D eigenvalue weighted by Gasteiger charge is 2.34. The zero-order valence-electron chi connectivity index (χ0n) is 9.63. The van der Waals surface area contributed by atoms with Gasteiger partial charge in [-0.15, -0.1) is 0 Å². The van der Waals surface area contributed by atoms with Gasteiger partial charge in [-0.3, -0.25) is 4.79 Å². The van der Waals surface area contributed by atoms with Gasteiger partial charge in [0.2, 0.25) is 10.0 Å². The van der Waals surface area contributed by atoms with Gasteiger partial charge < -0.3 is 4.74 Å². The van der Waals surface area contributed by atoms with Gasteiger partial charge in [0, 0.05) is 6.54 Å². The molecule has 1 atom stereocenters. The summed E-state index contributed by atoms with van der Waals surface area (Å²) in [6.07, 6.45) is 0.578. The molecule has 0 radical (unpaired) electrons. The standard InChI is InChI=1S/C9H16N2O4S/c1-4-6-11(7-5-10)16(13,14)8(2)9(12)15-3/h8H,4,6-7H2,1-3H3. The van der Waals surface area contributed by atoms with Gasteiger partial charge >= 0.3 is 5.97 Å². The maximum atomic E-state index is 11.9. The van der Waals surface area contributed by atoms with Crippen LogP contribution in [0, 0.1) is 11.3 Å². The van der Waals surface area contributed by atoms with Crippen molar-refractivity contribution in [3.63, 3.8) is 0 Å². The first kappa shape index (κ1) is 14.9. The highest BCUT2D eigenvalue weighted by atomic mass is 32.2. The number of methoxy groups -OCH3 is 1. The van der Waals surface area contributed by atoms with E-state index >= 15 is 0 Å². The Kier molecular flexibility index (Phi) is 6.00. The molecule has 0 aliphatic heterocycles. The van der Waals surface area contributed by atoms with Crippen molar-refractivity contribution in [2.45, 2.75) is 25.5 Å². The van der Waals surface area contributed by atoms with Crippen LogP contribution >= 0.6 is 0 Å². The molecular weight excluding hydrogens is 232 g/mol. The van der Waals surface area contributed by atoms with Gasteiger partial charge in [-0.25, -0.2) is 8.42 Å². The highest BCUT2D eigenvalue weighted by molar-refractivity contribution is 7.90. The number of sulfonamides is 1. The molecule has 0 N–H and O–H groups in total. The lowest BCUT2D eigenvalue weighted by molar-refractivity contribution is -0.139. The SMILES string of the molecule is CCCN(CC#N)S(=O)(=O)C(C)C(=O)OC. The Morgan fingerprint density at radius 3 is 2.50 bits per heavy atom. The summed E-state index contributed by atoms with van der Waals surface area (Å²) in [7, 11) is -2.67. The van der Waals surface area contributed by atoms with Crippen LogP contribution < -0.4 is 0 Å². The second kappa shape index (κ2) is 6.45. The molecule has 0 heterocycles. The van der Waals surface area contributed by atoms with Gasteiger partial charge in [0.05, 0.1) is 13.2 Å². The number of esters is 1. The Labute approximate surface area is 95.8 Å². The predicted octanol–water partition coefficient (Wildman–Crippen LogP) is 0.113. The van der Waals surface area contributed by atoms with Crippen LogP contribution in [0.15, 0.2) is 0 Å². The van der Waals surface area contributed by atoms with Crippen LogP contribution in [0.25, 0.3) is 0 Å². The zero-order chi connectivity index (χ0) is 12.8. The number of ether oxygens (including phenoxy) is 1. The van der Waals surface area contributed by atoms with Gasteiger partial charge in [0.15, 0.2) is 5.25 Å². The maximum Gasteiger partial charge on any atom is 0.325 e. The molecule has 1 unspecified atom stereocenters. The predicted molar refractivity (Wildman–Crippen MR) is 57.9 cm³/mol. The summed E-state index contributed by atoms with van der Waals surface area (Å²) in [5.74, 6) is -0.820. The molecule has 6 nitrogen and oxygen atoms in total. The molecule has 7 heteroatoms. The van der Waals surface area contributed by atoms with Crippen molar-refractivity contribution in [1.29, 1.82) is 5.26 Å². The Hall–Kier alpha value is -1.13. The van der Waals surface area contributed by atoms with Crippen molar-refractivity contribution in [2.24, 2.45) is 0 Å². The molecule has 0 aliphatic rings. The molecule has 16 heavy (non-hydrogen) atoms. The van der Waals surface area contributed by atoms with Crippen LogP contribution in [0.2, 0.25) is 0 Å². The van der Waals surface area contributed by atoms with E-state index in [1.807, 2.05) is 0 Å². The Balaban J connectivity index is 4.99. The summed E-state index contributed by atoms with van der Waals surface area (Å²) in [6, 6.07) is 1.77. The van der Waals surface area contributed by atoms with E-state index in [0.29, 0.717) is 6.42 Å². The monoisotopic (exact) mass is 248 g/mol. The van der Waals surface area contributed by atoms with E-state index in [-0.39, 0.29) is 13.1 Å². The highest BCUT2D eigenvalue weighted by Crippen LogP contribution is 2.10. The summed E-state index contributed by atoms with van der Waals surface area (Å²) in [4.78, 5) is 11.2. The maximum absolute atomic E-state index is 11.9. The summed E-state index contributed by atoms with van der Waals surface area (Å²) in [6.45, 7) is 3.01. The van der Waals surface area contributed by atoms with Crippen LogP contribution in [0.4, 0.5) is 0 Å². The third kappa shape index (κ3) is 3.47. The number of nitrogens with zero attached hydrogens (tertiary/aromatic N) is 2. The quantitative estimate of drug-likeness (QED) is 0.492. The number of carbonyl (C=O) groups is 1. The van der Waals surface area contributed by atoms with E-state index in [9.17, 15) is 13.2 Å². The summed E-state index contributed by atoms with van der Waals surface area (Å²) in [5, 5.41) is 7.25. The van der Waals surface area contributed by atoms with Crippen molar-refractivity contribution < 1.29 is 17.9 Å². The fourth-order valence-electron chi connectivity index (χ4n) is 1.14. The van der Waals surface area contributed by atoms with Crippen LogP contribution in [0.3, 0.4) is 0 Å². The minimum absolute atomic E-state index is 0.219. The number of hydrogen-bond donors (Lipinski definition) is 0. The Morgan fingerprint density at radius 2 is 2.12 bits per heavy atom. The lowest BCUT2D eigenvalue weighted by Gasteiger charge is -2.21. The van der Waals surface area contributed by atoms with Crippen molar-refractivity contribution in [1.82, 2.24) is 4.31 Å². The first-order chi connectivity index (χ1) is 7.41. The third-order valence-corrected chi connectivity index (χ3v) is 4.18. The van der Waals surface area contributed by atoms with Gasteiger partial charge in [-0.2, -0.15) is 9.57 Å².